The van der Waals surface area contributed by atoms with Gasteiger partial charge in [-0.2, -0.15) is 0 Å². The van der Waals surface area contributed by atoms with Crippen LogP contribution in [0.1, 0.15) is 23.9 Å². The molecule has 3 heterocycles. The first kappa shape index (κ1) is 15.5. The van der Waals surface area contributed by atoms with Gasteiger partial charge in [0.2, 0.25) is 5.91 Å². The number of benzene rings is 1. The SMILES string of the molecule is C[C@@H]1Cc2cc(-c3cc(CC(=O)NCc4ccco4)no3)ccc2O1. The molecule has 1 amide bonds. The fourth-order valence-electron chi connectivity index (χ4n) is 2.93. The van der Waals surface area contributed by atoms with Crippen LogP contribution in [0.3, 0.4) is 0 Å². The van der Waals surface area contributed by atoms with Crippen molar-refractivity contribution in [2.24, 2.45) is 0 Å². The maximum absolute atomic E-state index is 12.0. The van der Waals surface area contributed by atoms with Crippen molar-refractivity contribution in [3.63, 3.8) is 0 Å². The topological polar surface area (TPSA) is 77.5 Å². The number of rotatable bonds is 5. The molecule has 0 fully saturated rings. The molecule has 6 nitrogen and oxygen atoms in total. The highest BCUT2D eigenvalue weighted by Gasteiger charge is 2.20. The third-order valence-electron chi connectivity index (χ3n) is 4.12. The van der Waals surface area contributed by atoms with E-state index in [0.29, 0.717) is 23.8 Å². The molecule has 2 aromatic heterocycles. The highest BCUT2D eigenvalue weighted by molar-refractivity contribution is 5.78. The Morgan fingerprint density at radius 3 is 3.08 bits per heavy atom. The van der Waals surface area contributed by atoms with Gasteiger partial charge in [-0.05, 0) is 42.8 Å². The molecule has 1 aromatic carbocycles. The summed E-state index contributed by atoms with van der Waals surface area (Å²) >= 11 is 0. The van der Waals surface area contributed by atoms with Crippen LogP contribution in [-0.4, -0.2) is 17.2 Å². The van der Waals surface area contributed by atoms with Crippen LogP contribution in [0.25, 0.3) is 11.3 Å². The van der Waals surface area contributed by atoms with Gasteiger partial charge in [0.1, 0.15) is 17.6 Å². The summed E-state index contributed by atoms with van der Waals surface area (Å²) in [5.74, 6) is 2.15. The number of hydrogen-bond donors (Lipinski definition) is 1. The molecule has 1 aliphatic heterocycles. The molecule has 128 valence electrons. The predicted molar refractivity (Wildman–Crippen MR) is 90.0 cm³/mol. The lowest BCUT2D eigenvalue weighted by Crippen LogP contribution is -2.24. The van der Waals surface area contributed by atoms with E-state index in [1.165, 1.54) is 5.56 Å². The number of aromatic nitrogens is 1. The smallest absolute Gasteiger partial charge is 0.226 e. The summed E-state index contributed by atoms with van der Waals surface area (Å²) in [4.78, 5) is 12.0. The summed E-state index contributed by atoms with van der Waals surface area (Å²) in [5.41, 5.74) is 2.70. The van der Waals surface area contributed by atoms with Crippen molar-refractivity contribution >= 4 is 5.91 Å². The van der Waals surface area contributed by atoms with Gasteiger partial charge in [-0.25, -0.2) is 0 Å². The first-order chi connectivity index (χ1) is 12.2. The van der Waals surface area contributed by atoms with Crippen molar-refractivity contribution in [2.45, 2.75) is 32.4 Å². The van der Waals surface area contributed by atoms with E-state index in [1.54, 1.807) is 18.4 Å². The minimum atomic E-state index is -0.132. The van der Waals surface area contributed by atoms with E-state index in [0.717, 1.165) is 17.7 Å². The summed E-state index contributed by atoms with van der Waals surface area (Å²) in [6, 6.07) is 11.3. The quantitative estimate of drug-likeness (QED) is 0.773. The van der Waals surface area contributed by atoms with Crippen LogP contribution in [-0.2, 0) is 24.2 Å². The molecule has 25 heavy (non-hydrogen) atoms. The molecule has 6 heteroatoms. The molecule has 4 rings (SSSR count). The monoisotopic (exact) mass is 338 g/mol. The van der Waals surface area contributed by atoms with Gasteiger partial charge in [-0.15, -0.1) is 0 Å². The van der Waals surface area contributed by atoms with E-state index in [4.69, 9.17) is 13.7 Å². The summed E-state index contributed by atoms with van der Waals surface area (Å²) in [6.45, 7) is 2.41. The van der Waals surface area contributed by atoms with Gasteiger partial charge in [0.25, 0.3) is 0 Å². The number of carbonyl (C=O) groups excluding carboxylic acids is 1. The van der Waals surface area contributed by atoms with E-state index >= 15 is 0 Å². The van der Waals surface area contributed by atoms with Gasteiger partial charge in [0.15, 0.2) is 5.76 Å². The molecular weight excluding hydrogens is 320 g/mol. The lowest BCUT2D eigenvalue weighted by atomic mass is 10.1. The first-order valence-electron chi connectivity index (χ1n) is 8.22. The van der Waals surface area contributed by atoms with Crippen molar-refractivity contribution in [3.8, 4) is 17.1 Å². The maximum Gasteiger partial charge on any atom is 0.226 e. The van der Waals surface area contributed by atoms with Crippen LogP contribution in [0, 0.1) is 0 Å². The van der Waals surface area contributed by atoms with Crippen molar-refractivity contribution in [2.75, 3.05) is 0 Å². The zero-order valence-electron chi connectivity index (χ0n) is 13.8. The summed E-state index contributed by atoms with van der Waals surface area (Å²) in [6.07, 6.45) is 2.83. The Balaban J connectivity index is 1.40. The van der Waals surface area contributed by atoms with Crippen LogP contribution < -0.4 is 10.1 Å². The van der Waals surface area contributed by atoms with Crippen LogP contribution in [0.5, 0.6) is 5.75 Å². The number of nitrogens with zero attached hydrogens (tertiary/aromatic N) is 1. The molecule has 1 atom stereocenters. The number of furan rings is 1. The van der Waals surface area contributed by atoms with Crippen molar-refractivity contribution in [3.05, 3.63) is 59.7 Å². The van der Waals surface area contributed by atoms with Crippen molar-refractivity contribution < 1.29 is 18.5 Å². The maximum atomic E-state index is 12.0. The summed E-state index contributed by atoms with van der Waals surface area (Å²) in [7, 11) is 0. The molecule has 0 bridgehead atoms. The molecule has 0 spiro atoms. The Hall–Kier alpha value is -3.02. The Morgan fingerprint density at radius 1 is 1.32 bits per heavy atom. The lowest BCUT2D eigenvalue weighted by Gasteiger charge is -2.02. The number of amides is 1. The average Bonchev–Trinajstić information content (AvgIpc) is 3.32. The molecule has 0 radical (unpaired) electrons. The Bertz CT molecular complexity index is 883. The summed E-state index contributed by atoms with van der Waals surface area (Å²) < 4.78 is 16.3. The zero-order valence-corrected chi connectivity index (χ0v) is 13.8. The third-order valence-corrected chi connectivity index (χ3v) is 4.12. The van der Waals surface area contributed by atoms with Crippen LogP contribution in [0.15, 0.2) is 51.6 Å². The first-order valence-corrected chi connectivity index (χ1v) is 8.22. The van der Waals surface area contributed by atoms with Gasteiger partial charge < -0.3 is 19.0 Å². The zero-order chi connectivity index (χ0) is 17.2. The van der Waals surface area contributed by atoms with E-state index in [-0.39, 0.29) is 18.4 Å². The van der Waals surface area contributed by atoms with Gasteiger partial charge >= 0.3 is 0 Å². The average molecular weight is 338 g/mol. The third kappa shape index (κ3) is 3.42. The van der Waals surface area contributed by atoms with Crippen LogP contribution in [0.4, 0.5) is 0 Å². The van der Waals surface area contributed by atoms with E-state index in [2.05, 4.69) is 16.5 Å². The normalized spacial score (nSPS) is 15.6. The number of fused-ring (bicyclic) bond motifs is 1. The molecule has 0 saturated heterocycles. The van der Waals surface area contributed by atoms with Crippen molar-refractivity contribution in [1.82, 2.24) is 10.5 Å². The minimum Gasteiger partial charge on any atom is -0.490 e. The number of ether oxygens (including phenoxy) is 1. The fourth-order valence-corrected chi connectivity index (χ4v) is 2.93. The highest BCUT2D eigenvalue weighted by Crippen LogP contribution is 2.33. The van der Waals surface area contributed by atoms with E-state index in [1.807, 2.05) is 25.1 Å². The van der Waals surface area contributed by atoms with Gasteiger partial charge in [0, 0.05) is 18.1 Å². The molecule has 1 N–H and O–H groups in total. The van der Waals surface area contributed by atoms with E-state index < -0.39 is 0 Å². The van der Waals surface area contributed by atoms with Crippen LogP contribution >= 0.6 is 0 Å². The molecule has 0 aliphatic carbocycles. The minimum absolute atomic E-state index is 0.132. The Labute approximate surface area is 144 Å². The second kappa shape index (κ2) is 6.47. The summed E-state index contributed by atoms with van der Waals surface area (Å²) in [5, 5.41) is 6.79. The van der Waals surface area contributed by atoms with Gasteiger partial charge in [0.05, 0.1) is 24.9 Å². The highest BCUT2D eigenvalue weighted by atomic mass is 16.5. The second-order valence-electron chi connectivity index (χ2n) is 6.17. The number of carbonyl (C=O) groups is 1. The Morgan fingerprint density at radius 2 is 2.24 bits per heavy atom. The van der Waals surface area contributed by atoms with Gasteiger partial charge in [-0.3, -0.25) is 4.79 Å². The molecular formula is C19H18N2O4. The van der Waals surface area contributed by atoms with Crippen LogP contribution in [0.2, 0.25) is 0 Å². The van der Waals surface area contributed by atoms with Gasteiger partial charge in [-0.1, -0.05) is 5.16 Å². The van der Waals surface area contributed by atoms with E-state index in [9.17, 15) is 4.79 Å². The largest absolute Gasteiger partial charge is 0.490 e. The standard InChI is InChI=1S/C19H18N2O4/c1-12-7-14-8-13(4-5-17(14)24-12)18-9-15(21-25-18)10-19(22)20-11-16-3-2-6-23-16/h2-6,8-9,12H,7,10-11H2,1H3,(H,20,22)/t12-/m1/s1. The number of nitrogens with one attached hydrogen (secondary N) is 1. The molecule has 3 aromatic rings. The molecule has 0 unspecified atom stereocenters. The molecule has 0 saturated carbocycles. The Kier molecular flexibility index (Phi) is 4.01. The molecule has 1 aliphatic rings. The fraction of sp³-hybridized carbons (Fsp3) is 0.263. The van der Waals surface area contributed by atoms with Crippen molar-refractivity contribution in [1.29, 1.82) is 0 Å². The predicted octanol–water partition coefficient (Wildman–Crippen LogP) is 3.12. The lowest BCUT2D eigenvalue weighted by molar-refractivity contribution is -0.120. The number of hydrogen-bond acceptors (Lipinski definition) is 5. The second-order valence-corrected chi connectivity index (χ2v) is 6.17.